The van der Waals surface area contributed by atoms with Gasteiger partial charge in [0, 0.05) is 36.7 Å². The van der Waals surface area contributed by atoms with Gasteiger partial charge in [0.25, 0.3) is 0 Å². The van der Waals surface area contributed by atoms with Crippen LogP contribution in [0.5, 0.6) is 0 Å². The molecule has 11 heteroatoms. The van der Waals surface area contributed by atoms with Gasteiger partial charge in [-0.05, 0) is 40.0 Å². The predicted octanol–water partition coefficient (Wildman–Crippen LogP) is 2.51. The molecular formula is C20H33N5O4S2. The van der Waals surface area contributed by atoms with E-state index in [9.17, 15) is 27.4 Å². The van der Waals surface area contributed by atoms with Crippen LogP contribution in [0, 0.1) is 22.7 Å². The molecule has 3 atom stereocenters. The maximum Gasteiger partial charge on any atom is 0.230 e. The van der Waals surface area contributed by atoms with Crippen molar-refractivity contribution in [3.05, 3.63) is 32.6 Å². The summed E-state index contributed by atoms with van der Waals surface area (Å²) in [6.45, 7) is 10.9. The monoisotopic (exact) mass is 471 g/mol. The molecule has 0 bridgehead atoms. The lowest BCUT2D eigenvalue weighted by atomic mass is 10.3. The van der Waals surface area contributed by atoms with Crippen LogP contribution in [0.15, 0.2) is 32.6 Å². The largest absolute Gasteiger partial charge is 0.387 e. The van der Waals surface area contributed by atoms with Crippen LogP contribution in [0.3, 0.4) is 0 Å². The van der Waals surface area contributed by atoms with Gasteiger partial charge < -0.3 is 16.0 Å². The van der Waals surface area contributed by atoms with Crippen molar-refractivity contribution in [3.8, 4) is 12.1 Å². The molecule has 174 valence electrons. The van der Waals surface area contributed by atoms with Gasteiger partial charge >= 0.3 is 0 Å². The van der Waals surface area contributed by atoms with E-state index in [4.69, 9.17) is 0 Å². The van der Waals surface area contributed by atoms with E-state index < -0.39 is 33.7 Å². The highest BCUT2D eigenvalue weighted by Crippen LogP contribution is 2.27. The van der Waals surface area contributed by atoms with E-state index in [0.29, 0.717) is 19.3 Å². The molecule has 3 N–H and O–H groups in total. The Bertz CT molecular complexity index is 912. The predicted molar refractivity (Wildman–Crippen MR) is 122 cm³/mol. The van der Waals surface area contributed by atoms with Gasteiger partial charge in [0.05, 0.1) is 0 Å². The van der Waals surface area contributed by atoms with E-state index in [1.807, 2.05) is 20.8 Å². The first-order valence-corrected chi connectivity index (χ1v) is 13.1. The van der Waals surface area contributed by atoms with Crippen molar-refractivity contribution in [2.45, 2.75) is 78.9 Å². The quantitative estimate of drug-likeness (QED) is 0.344. The molecule has 0 saturated carbocycles. The van der Waals surface area contributed by atoms with E-state index >= 15 is 0 Å². The van der Waals surface area contributed by atoms with E-state index in [2.05, 4.69) is 16.0 Å². The highest BCUT2D eigenvalue weighted by molar-refractivity contribution is 8.17. The molecule has 0 aliphatic heterocycles. The lowest BCUT2D eigenvalue weighted by molar-refractivity contribution is 0.595. The highest BCUT2D eigenvalue weighted by Gasteiger charge is 2.37. The second-order valence-electron chi connectivity index (χ2n) is 7.14. The maximum absolute atomic E-state index is 13.1. The summed E-state index contributed by atoms with van der Waals surface area (Å²) in [6.07, 6.45) is 4.74. The number of hydrogen-bond donors (Lipinski definition) is 3. The van der Waals surface area contributed by atoms with Crippen molar-refractivity contribution in [2.24, 2.45) is 0 Å². The van der Waals surface area contributed by atoms with Crippen LogP contribution in [0.2, 0.25) is 0 Å². The minimum absolute atomic E-state index is 0.130. The van der Waals surface area contributed by atoms with Gasteiger partial charge in [0.1, 0.15) is 12.1 Å². The zero-order chi connectivity index (χ0) is 24.2. The second kappa shape index (κ2) is 13.0. The number of sulfone groups is 2. The maximum atomic E-state index is 13.1. The molecule has 3 unspecified atom stereocenters. The topological polar surface area (TPSA) is 152 Å². The standard InChI is InChI=1S/C20H33N5O4S2/c1-7-15(4)23-12-18(10-21)30(26,27)20(14-25-17(6)9-3)31(28,29)19(11-22)13-24-16(5)8-2/h12-17,23-25H,7-9H2,1-6H3/b18-12+,19-13+,20-14?. The minimum Gasteiger partial charge on any atom is -0.387 e. The zero-order valence-electron chi connectivity index (χ0n) is 18.9. The summed E-state index contributed by atoms with van der Waals surface area (Å²) in [6, 6.07) is 2.61. The Morgan fingerprint density at radius 1 is 0.710 bits per heavy atom. The van der Waals surface area contributed by atoms with Crippen molar-refractivity contribution in [2.75, 3.05) is 0 Å². The van der Waals surface area contributed by atoms with Crippen LogP contribution in [-0.4, -0.2) is 35.0 Å². The zero-order valence-corrected chi connectivity index (χ0v) is 20.6. The first kappa shape index (κ1) is 28.5. The fourth-order valence-electron chi connectivity index (χ4n) is 1.86. The van der Waals surface area contributed by atoms with Crippen molar-refractivity contribution in [3.63, 3.8) is 0 Å². The SMILES string of the molecule is CCC(C)NC=C(S(=O)(=O)/C(C#N)=C/NC(C)CC)S(=O)(=O)/C(C#N)=C/NC(C)CC. The minimum atomic E-state index is -4.75. The Kier molecular flexibility index (Phi) is 12.0. The second-order valence-corrected chi connectivity index (χ2v) is 11.2. The van der Waals surface area contributed by atoms with Crippen LogP contribution in [0.25, 0.3) is 0 Å². The Labute approximate surface area is 186 Å². The number of nitrogens with zero attached hydrogens (tertiary/aromatic N) is 2. The average Bonchev–Trinajstić information content (AvgIpc) is 2.73. The van der Waals surface area contributed by atoms with E-state index in [-0.39, 0.29) is 18.1 Å². The molecule has 0 radical (unpaired) electrons. The van der Waals surface area contributed by atoms with Gasteiger partial charge in [0.2, 0.25) is 19.7 Å². The number of nitrogens with one attached hydrogen (secondary N) is 3. The highest BCUT2D eigenvalue weighted by atomic mass is 32.3. The van der Waals surface area contributed by atoms with Crippen molar-refractivity contribution in [1.82, 2.24) is 16.0 Å². The molecule has 0 fully saturated rings. The smallest absolute Gasteiger partial charge is 0.230 e. The van der Waals surface area contributed by atoms with Gasteiger partial charge in [-0.15, -0.1) is 0 Å². The van der Waals surface area contributed by atoms with Crippen LogP contribution >= 0.6 is 0 Å². The summed E-state index contributed by atoms with van der Waals surface area (Å²) in [5.41, 5.74) is 0. The molecule has 31 heavy (non-hydrogen) atoms. The fourth-order valence-corrected chi connectivity index (χ4v) is 5.12. The lowest BCUT2D eigenvalue weighted by Gasteiger charge is -2.14. The van der Waals surface area contributed by atoms with Crippen molar-refractivity contribution in [1.29, 1.82) is 10.5 Å². The molecule has 0 aliphatic carbocycles. The van der Waals surface area contributed by atoms with Gasteiger partial charge in [-0.25, -0.2) is 16.8 Å². The molecular weight excluding hydrogens is 438 g/mol. The molecule has 0 aromatic heterocycles. The normalized spacial score (nSPS) is 15.6. The van der Waals surface area contributed by atoms with Crippen molar-refractivity contribution < 1.29 is 16.8 Å². The summed E-state index contributed by atoms with van der Waals surface area (Å²) >= 11 is 0. The Morgan fingerprint density at radius 3 is 1.26 bits per heavy atom. The van der Waals surface area contributed by atoms with Gasteiger partial charge in [-0.2, -0.15) is 10.5 Å². The molecule has 0 spiro atoms. The van der Waals surface area contributed by atoms with E-state index in [0.717, 1.165) is 18.6 Å². The van der Waals surface area contributed by atoms with Crippen LogP contribution in [-0.2, 0) is 19.7 Å². The van der Waals surface area contributed by atoms with Gasteiger partial charge in [-0.3, -0.25) is 0 Å². The third-order valence-corrected chi connectivity index (χ3v) is 8.84. The van der Waals surface area contributed by atoms with Gasteiger partial charge in [-0.1, -0.05) is 20.8 Å². The summed E-state index contributed by atoms with van der Waals surface area (Å²) < 4.78 is 51.5. The summed E-state index contributed by atoms with van der Waals surface area (Å²) in [5.74, 6) is 0. The lowest BCUT2D eigenvalue weighted by Crippen LogP contribution is -2.27. The van der Waals surface area contributed by atoms with E-state index in [1.54, 1.807) is 32.9 Å². The van der Waals surface area contributed by atoms with E-state index in [1.165, 1.54) is 0 Å². The summed E-state index contributed by atoms with van der Waals surface area (Å²) in [5, 5.41) is 27.1. The van der Waals surface area contributed by atoms with Crippen LogP contribution in [0.4, 0.5) is 0 Å². The summed E-state index contributed by atoms with van der Waals surface area (Å²) in [7, 11) is -9.50. The molecule has 0 aromatic rings. The number of allylic oxidation sites excluding steroid dienone is 2. The number of hydrogen-bond acceptors (Lipinski definition) is 9. The molecule has 0 saturated heterocycles. The third-order valence-electron chi connectivity index (χ3n) is 4.65. The Balaban J connectivity index is 6.64. The fraction of sp³-hybridized carbons (Fsp3) is 0.600. The van der Waals surface area contributed by atoms with Gasteiger partial charge in [0.15, 0.2) is 14.0 Å². The molecule has 0 aromatic carbocycles. The molecule has 9 nitrogen and oxygen atoms in total. The van der Waals surface area contributed by atoms with Crippen molar-refractivity contribution >= 4 is 19.7 Å². The first-order chi connectivity index (χ1) is 14.4. The third kappa shape index (κ3) is 8.27. The molecule has 0 amide bonds. The van der Waals surface area contributed by atoms with Crippen LogP contribution in [0.1, 0.15) is 60.8 Å². The first-order valence-electron chi connectivity index (χ1n) is 10.1. The molecule has 0 heterocycles. The number of nitriles is 2. The summed E-state index contributed by atoms with van der Waals surface area (Å²) in [4.78, 5) is -1.53. The molecule has 0 rings (SSSR count). The number of rotatable bonds is 13. The van der Waals surface area contributed by atoms with Crippen LogP contribution < -0.4 is 16.0 Å². The Hall–Kier alpha value is -2.50. The Morgan fingerprint density at radius 2 is 1.00 bits per heavy atom. The molecule has 0 aliphatic rings. The average molecular weight is 472 g/mol.